The number of rotatable bonds is 2. The van der Waals surface area contributed by atoms with Gasteiger partial charge in [0.2, 0.25) is 0 Å². The first-order chi connectivity index (χ1) is 7.41. The number of hydrogen-bond donors (Lipinski definition) is 1. The van der Waals surface area contributed by atoms with Crippen LogP contribution in [0.1, 0.15) is 5.56 Å². The SMILES string of the molecule is Cc1ccc([N+](=O)[O-])c(NC(=O)N(C)C)c1. The zero-order valence-corrected chi connectivity index (χ0v) is 9.35. The van der Waals surface area contributed by atoms with Gasteiger partial charge in [0.05, 0.1) is 4.92 Å². The second-order valence-electron chi connectivity index (χ2n) is 3.60. The molecule has 6 heteroatoms. The molecule has 16 heavy (non-hydrogen) atoms. The van der Waals surface area contributed by atoms with Crippen LogP contribution in [-0.4, -0.2) is 29.9 Å². The van der Waals surface area contributed by atoms with Crippen LogP contribution in [-0.2, 0) is 0 Å². The lowest BCUT2D eigenvalue weighted by Crippen LogP contribution is -2.27. The first-order valence-electron chi connectivity index (χ1n) is 4.65. The largest absolute Gasteiger partial charge is 0.331 e. The van der Waals surface area contributed by atoms with E-state index in [1.807, 2.05) is 0 Å². The molecular weight excluding hydrogens is 210 g/mol. The summed E-state index contributed by atoms with van der Waals surface area (Å²) in [5, 5.41) is 13.2. The van der Waals surface area contributed by atoms with Crippen molar-refractivity contribution in [2.45, 2.75) is 6.92 Å². The third-order valence-electron chi connectivity index (χ3n) is 2.00. The number of nitro benzene ring substituents is 1. The lowest BCUT2D eigenvalue weighted by atomic mass is 10.2. The number of amides is 2. The predicted molar refractivity (Wildman–Crippen MR) is 60.5 cm³/mol. The van der Waals surface area contributed by atoms with Crippen LogP contribution in [0.4, 0.5) is 16.2 Å². The van der Waals surface area contributed by atoms with Gasteiger partial charge in [0.1, 0.15) is 5.69 Å². The number of carbonyl (C=O) groups is 1. The summed E-state index contributed by atoms with van der Waals surface area (Å²) in [7, 11) is 3.13. The lowest BCUT2D eigenvalue weighted by molar-refractivity contribution is -0.383. The van der Waals surface area contributed by atoms with Crippen LogP contribution in [0, 0.1) is 17.0 Å². The molecule has 86 valence electrons. The van der Waals surface area contributed by atoms with Crippen molar-refractivity contribution in [1.82, 2.24) is 4.90 Å². The van der Waals surface area contributed by atoms with E-state index in [4.69, 9.17) is 0 Å². The average molecular weight is 223 g/mol. The third kappa shape index (κ3) is 2.69. The van der Waals surface area contributed by atoms with Crippen LogP contribution in [0.15, 0.2) is 18.2 Å². The number of anilines is 1. The summed E-state index contributed by atoms with van der Waals surface area (Å²) >= 11 is 0. The highest BCUT2D eigenvalue weighted by atomic mass is 16.6. The highest BCUT2D eigenvalue weighted by molar-refractivity contribution is 5.91. The van der Waals surface area contributed by atoms with Crippen LogP contribution < -0.4 is 5.32 Å². The van der Waals surface area contributed by atoms with Crippen molar-refractivity contribution in [3.05, 3.63) is 33.9 Å². The smallest absolute Gasteiger partial charge is 0.321 e. The summed E-state index contributed by atoms with van der Waals surface area (Å²) in [4.78, 5) is 22.9. The number of aryl methyl sites for hydroxylation is 1. The standard InChI is InChI=1S/C10H13N3O3/c1-7-4-5-9(13(15)16)8(6-7)11-10(14)12(2)3/h4-6H,1-3H3,(H,11,14). The molecule has 0 saturated carbocycles. The van der Waals surface area contributed by atoms with Crippen LogP contribution in [0.2, 0.25) is 0 Å². The fourth-order valence-electron chi connectivity index (χ4n) is 1.14. The molecule has 1 rings (SSSR count). The molecule has 0 heterocycles. The fourth-order valence-corrected chi connectivity index (χ4v) is 1.14. The maximum Gasteiger partial charge on any atom is 0.321 e. The lowest BCUT2D eigenvalue weighted by Gasteiger charge is -2.12. The highest BCUT2D eigenvalue weighted by Crippen LogP contribution is 2.25. The van der Waals surface area contributed by atoms with E-state index >= 15 is 0 Å². The Morgan fingerprint density at radius 2 is 2.06 bits per heavy atom. The number of nitrogens with zero attached hydrogens (tertiary/aromatic N) is 2. The minimum absolute atomic E-state index is 0.110. The van der Waals surface area contributed by atoms with Crippen molar-refractivity contribution in [2.75, 3.05) is 19.4 Å². The molecule has 6 nitrogen and oxygen atoms in total. The van der Waals surface area contributed by atoms with Gasteiger partial charge in [0.15, 0.2) is 0 Å². The van der Waals surface area contributed by atoms with Crippen molar-refractivity contribution in [1.29, 1.82) is 0 Å². The van der Waals surface area contributed by atoms with Crippen molar-refractivity contribution in [3.8, 4) is 0 Å². The number of hydrogen-bond acceptors (Lipinski definition) is 3. The van der Waals surface area contributed by atoms with Crippen LogP contribution in [0.3, 0.4) is 0 Å². The first-order valence-corrected chi connectivity index (χ1v) is 4.65. The van der Waals surface area contributed by atoms with E-state index in [0.29, 0.717) is 0 Å². The van der Waals surface area contributed by atoms with E-state index in [1.54, 1.807) is 33.2 Å². The summed E-state index contributed by atoms with van der Waals surface area (Å²) in [5.41, 5.74) is 0.948. The molecule has 0 aliphatic rings. The fraction of sp³-hybridized carbons (Fsp3) is 0.300. The van der Waals surface area contributed by atoms with Gasteiger partial charge in [-0.05, 0) is 18.6 Å². The molecule has 0 fully saturated rings. The molecule has 0 radical (unpaired) electrons. The van der Waals surface area contributed by atoms with Crippen LogP contribution >= 0.6 is 0 Å². The second kappa shape index (κ2) is 4.61. The van der Waals surface area contributed by atoms with Gasteiger partial charge in [0.25, 0.3) is 5.69 Å². The van der Waals surface area contributed by atoms with Crippen molar-refractivity contribution < 1.29 is 9.72 Å². The number of nitrogens with one attached hydrogen (secondary N) is 1. The van der Waals surface area contributed by atoms with Crippen molar-refractivity contribution in [3.63, 3.8) is 0 Å². The minimum Gasteiger partial charge on any atom is -0.331 e. The quantitative estimate of drug-likeness (QED) is 0.615. The number of benzene rings is 1. The molecule has 0 spiro atoms. The molecule has 2 amide bonds. The first kappa shape index (κ1) is 12.0. The van der Waals surface area contributed by atoms with E-state index in [9.17, 15) is 14.9 Å². The van der Waals surface area contributed by atoms with E-state index in [2.05, 4.69) is 5.32 Å². The normalized spacial score (nSPS) is 9.69. The van der Waals surface area contributed by atoms with Gasteiger partial charge in [-0.25, -0.2) is 4.79 Å². The van der Waals surface area contributed by atoms with E-state index < -0.39 is 11.0 Å². The van der Waals surface area contributed by atoms with Gasteiger partial charge >= 0.3 is 6.03 Å². The maximum atomic E-state index is 11.4. The van der Waals surface area contributed by atoms with E-state index in [-0.39, 0.29) is 11.4 Å². The van der Waals surface area contributed by atoms with E-state index in [1.165, 1.54) is 11.0 Å². The van der Waals surface area contributed by atoms with Gasteiger partial charge < -0.3 is 10.2 Å². The molecular formula is C10H13N3O3. The highest BCUT2D eigenvalue weighted by Gasteiger charge is 2.16. The molecule has 1 N–H and O–H groups in total. The molecule has 0 aliphatic heterocycles. The Morgan fingerprint density at radius 1 is 1.44 bits per heavy atom. The van der Waals surface area contributed by atoms with Crippen molar-refractivity contribution in [2.24, 2.45) is 0 Å². The Labute approximate surface area is 93.0 Å². The minimum atomic E-state index is -0.523. The van der Waals surface area contributed by atoms with E-state index in [0.717, 1.165) is 5.56 Å². The zero-order chi connectivity index (χ0) is 12.3. The molecule has 0 bridgehead atoms. The maximum absolute atomic E-state index is 11.4. The van der Waals surface area contributed by atoms with Gasteiger partial charge in [-0.3, -0.25) is 10.1 Å². The Balaban J connectivity index is 3.06. The molecule has 1 aromatic carbocycles. The summed E-state index contributed by atoms with van der Waals surface area (Å²) in [6.07, 6.45) is 0. The molecule has 0 atom stereocenters. The summed E-state index contributed by atoms with van der Waals surface area (Å²) < 4.78 is 0. The molecule has 0 aromatic heterocycles. The zero-order valence-electron chi connectivity index (χ0n) is 9.35. The van der Waals surface area contributed by atoms with Gasteiger partial charge in [-0.15, -0.1) is 0 Å². The summed E-state index contributed by atoms with van der Waals surface area (Å²) in [6.45, 7) is 1.80. The second-order valence-corrected chi connectivity index (χ2v) is 3.60. The Kier molecular flexibility index (Phi) is 3.44. The molecule has 0 saturated heterocycles. The topological polar surface area (TPSA) is 75.5 Å². The molecule has 0 unspecified atom stereocenters. The Bertz CT molecular complexity index is 429. The molecule has 1 aromatic rings. The number of nitro groups is 1. The van der Waals surface area contributed by atoms with Gasteiger partial charge in [-0.2, -0.15) is 0 Å². The van der Waals surface area contributed by atoms with Gasteiger partial charge in [0, 0.05) is 20.2 Å². The van der Waals surface area contributed by atoms with Crippen LogP contribution in [0.5, 0.6) is 0 Å². The average Bonchev–Trinajstić information content (AvgIpc) is 2.16. The van der Waals surface area contributed by atoms with Crippen LogP contribution in [0.25, 0.3) is 0 Å². The Morgan fingerprint density at radius 3 is 2.56 bits per heavy atom. The monoisotopic (exact) mass is 223 g/mol. The Hall–Kier alpha value is -2.11. The predicted octanol–water partition coefficient (Wildman–Crippen LogP) is 2.00. The summed E-state index contributed by atoms with van der Waals surface area (Å²) in [6, 6.07) is 4.18. The number of carbonyl (C=O) groups excluding carboxylic acids is 1. The van der Waals surface area contributed by atoms with Crippen molar-refractivity contribution >= 4 is 17.4 Å². The van der Waals surface area contributed by atoms with Gasteiger partial charge in [-0.1, -0.05) is 6.07 Å². The third-order valence-corrected chi connectivity index (χ3v) is 2.00. The number of urea groups is 1. The molecule has 0 aliphatic carbocycles. The summed E-state index contributed by atoms with van der Waals surface area (Å²) in [5.74, 6) is 0.